The Labute approximate surface area is 174 Å². The summed E-state index contributed by atoms with van der Waals surface area (Å²) in [6, 6.07) is 4.27. The third-order valence-electron chi connectivity index (χ3n) is 6.30. The molecule has 1 saturated carbocycles. The Hall–Kier alpha value is -3.13. The van der Waals surface area contributed by atoms with Gasteiger partial charge in [-0.3, -0.25) is 0 Å². The molecule has 30 heavy (non-hydrogen) atoms. The molecule has 0 unspecified atom stereocenters. The van der Waals surface area contributed by atoms with Crippen LogP contribution in [0.5, 0.6) is 5.88 Å². The first kappa shape index (κ1) is 18.9. The fourth-order valence-corrected chi connectivity index (χ4v) is 4.35. The number of aliphatic hydroxyl groups is 1. The van der Waals surface area contributed by atoms with Crippen molar-refractivity contribution in [1.82, 2.24) is 24.3 Å². The highest BCUT2D eigenvalue weighted by Crippen LogP contribution is 2.36. The van der Waals surface area contributed by atoms with E-state index in [0.717, 1.165) is 59.9 Å². The number of rotatable bonds is 5. The Balaban J connectivity index is 1.46. The zero-order chi connectivity index (χ0) is 20.7. The van der Waals surface area contributed by atoms with Crippen molar-refractivity contribution in [3.8, 4) is 17.0 Å². The van der Waals surface area contributed by atoms with Gasteiger partial charge in [-0.1, -0.05) is 6.92 Å². The molecule has 1 fully saturated rings. The molecule has 0 atom stereocenters. The van der Waals surface area contributed by atoms with Crippen LogP contribution in [0.3, 0.4) is 0 Å². The van der Waals surface area contributed by atoms with Gasteiger partial charge in [-0.05, 0) is 44.2 Å². The average Bonchev–Trinajstić information content (AvgIpc) is 3.41. The maximum atomic E-state index is 10.5. The quantitative estimate of drug-likeness (QED) is 0.466. The summed E-state index contributed by atoms with van der Waals surface area (Å²) in [4.78, 5) is 16.9. The molecule has 0 saturated heterocycles. The first-order chi connectivity index (χ1) is 14.6. The number of anilines is 1. The Morgan fingerprint density at radius 3 is 2.90 bits per heavy atom. The molecule has 1 aliphatic carbocycles. The molecule has 0 radical (unpaired) electrons. The molecule has 0 amide bonds. The monoisotopic (exact) mass is 406 g/mol. The number of fused-ring (bicyclic) bond motifs is 2. The van der Waals surface area contributed by atoms with Gasteiger partial charge >= 0.3 is 0 Å². The van der Waals surface area contributed by atoms with E-state index >= 15 is 0 Å². The number of nitrogens with one attached hydrogen (secondary N) is 2. The molecule has 156 valence electrons. The molecule has 8 heteroatoms. The summed E-state index contributed by atoms with van der Waals surface area (Å²) >= 11 is 0. The van der Waals surface area contributed by atoms with E-state index in [1.54, 1.807) is 13.3 Å². The molecule has 4 heterocycles. The number of methoxy groups -OCH3 is 1. The molecule has 0 aliphatic heterocycles. The molecule has 5 rings (SSSR count). The van der Waals surface area contributed by atoms with Gasteiger partial charge in [-0.15, -0.1) is 0 Å². The highest BCUT2D eigenvalue weighted by molar-refractivity contribution is 5.97. The molecule has 1 aliphatic rings. The summed E-state index contributed by atoms with van der Waals surface area (Å²) < 4.78 is 7.61. The van der Waals surface area contributed by atoms with Crippen molar-refractivity contribution in [2.45, 2.75) is 50.7 Å². The molecule has 8 nitrogen and oxygen atoms in total. The minimum Gasteiger partial charge on any atom is -0.480 e. The Morgan fingerprint density at radius 1 is 1.30 bits per heavy atom. The second kappa shape index (κ2) is 7.28. The van der Waals surface area contributed by atoms with Crippen LogP contribution in [0.4, 0.5) is 5.95 Å². The lowest BCUT2D eigenvalue weighted by molar-refractivity contribution is -0.00198. The fourth-order valence-electron chi connectivity index (χ4n) is 4.35. The summed E-state index contributed by atoms with van der Waals surface area (Å²) in [5.74, 6) is 1.08. The van der Waals surface area contributed by atoms with Crippen molar-refractivity contribution in [2.75, 3.05) is 12.4 Å². The van der Waals surface area contributed by atoms with Crippen LogP contribution in [-0.2, 0) is 0 Å². The van der Waals surface area contributed by atoms with Gasteiger partial charge < -0.3 is 24.5 Å². The van der Waals surface area contributed by atoms with Crippen molar-refractivity contribution in [2.24, 2.45) is 0 Å². The van der Waals surface area contributed by atoms with E-state index in [0.29, 0.717) is 11.8 Å². The lowest BCUT2D eigenvalue weighted by Crippen LogP contribution is -2.38. The van der Waals surface area contributed by atoms with E-state index in [1.165, 1.54) is 0 Å². The Morgan fingerprint density at radius 2 is 2.13 bits per heavy atom. The summed E-state index contributed by atoms with van der Waals surface area (Å²) in [6.07, 6.45) is 11.9. The van der Waals surface area contributed by atoms with Crippen LogP contribution in [0.2, 0.25) is 0 Å². The van der Waals surface area contributed by atoms with Crippen molar-refractivity contribution >= 4 is 22.6 Å². The topological polar surface area (TPSA) is 100 Å². The summed E-state index contributed by atoms with van der Waals surface area (Å²) in [5.41, 5.74) is 3.11. The maximum absolute atomic E-state index is 10.5. The molecule has 0 aromatic carbocycles. The number of ether oxygens (including phenoxy) is 1. The lowest BCUT2D eigenvalue weighted by Gasteiger charge is -2.35. The molecular weight excluding hydrogens is 380 g/mol. The van der Waals surface area contributed by atoms with Crippen LogP contribution >= 0.6 is 0 Å². The average molecular weight is 406 g/mol. The van der Waals surface area contributed by atoms with Crippen LogP contribution < -0.4 is 10.1 Å². The smallest absolute Gasteiger partial charge is 0.228 e. The van der Waals surface area contributed by atoms with Gasteiger partial charge in [-0.2, -0.15) is 9.97 Å². The highest BCUT2D eigenvalue weighted by atomic mass is 16.5. The molecule has 3 N–H and O–H groups in total. The second-order valence-corrected chi connectivity index (χ2v) is 8.09. The van der Waals surface area contributed by atoms with Crippen molar-refractivity contribution in [3.63, 3.8) is 0 Å². The molecular formula is C22H26N6O2. The number of H-pyrrole nitrogens is 1. The number of imidazole rings is 1. The summed E-state index contributed by atoms with van der Waals surface area (Å²) in [5, 5.41) is 14.7. The van der Waals surface area contributed by atoms with E-state index in [4.69, 9.17) is 9.72 Å². The van der Waals surface area contributed by atoms with Gasteiger partial charge in [0.2, 0.25) is 11.8 Å². The highest BCUT2D eigenvalue weighted by Gasteiger charge is 2.31. The van der Waals surface area contributed by atoms with Crippen molar-refractivity contribution in [3.05, 3.63) is 36.9 Å². The van der Waals surface area contributed by atoms with Gasteiger partial charge in [0.1, 0.15) is 11.3 Å². The summed E-state index contributed by atoms with van der Waals surface area (Å²) in [7, 11) is 1.63. The molecule has 4 aromatic heterocycles. The molecule has 0 spiro atoms. The minimum atomic E-state index is -0.522. The van der Waals surface area contributed by atoms with Crippen molar-refractivity contribution in [1.29, 1.82) is 0 Å². The fraction of sp³-hybridized carbons (Fsp3) is 0.409. The van der Waals surface area contributed by atoms with Gasteiger partial charge in [0, 0.05) is 42.0 Å². The van der Waals surface area contributed by atoms with Crippen LogP contribution in [0.25, 0.3) is 27.8 Å². The number of hydrogen-bond acceptors (Lipinski definition) is 6. The standard InChI is InChI=1S/C22H26N6O2/c1-3-22(29)8-6-15(7-9-22)25-21-26-19-18(20(27-21)30-2)16(12-24-19)14-4-5-17-23-10-11-28(17)13-14/h4-5,10-13,15,29H,3,6-9H2,1-2H3,(H2,24,25,26,27)/t15-,22+. The van der Waals surface area contributed by atoms with Crippen LogP contribution in [0.15, 0.2) is 36.9 Å². The van der Waals surface area contributed by atoms with E-state index in [1.807, 2.05) is 42.0 Å². The third-order valence-corrected chi connectivity index (χ3v) is 6.30. The zero-order valence-corrected chi connectivity index (χ0v) is 17.2. The number of aromatic amines is 1. The third kappa shape index (κ3) is 3.27. The van der Waals surface area contributed by atoms with E-state index < -0.39 is 5.60 Å². The largest absolute Gasteiger partial charge is 0.480 e. The zero-order valence-electron chi connectivity index (χ0n) is 17.2. The molecule has 4 aromatic rings. The van der Waals surface area contributed by atoms with Crippen LogP contribution in [0, 0.1) is 0 Å². The predicted molar refractivity (Wildman–Crippen MR) is 116 cm³/mol. The van der Waals surface area contributed by atoms with E-state index in [9.17, 15) is 5.11 Å². The minimum absolute atomic E-state index is 0.247. The van der Waals surface area contributed by atoms with E-state index in [2.05, 4.69) is 20.3 Å². The van der Waals surface area contributed by atoms with Crippen LogP contribution in [0.1, 0.15) is 39.0 Å². The van der Waals surface area contributed by atoms with Crippen LogP contribution in [-0.4, -0.2) is 48.2 Å². The normalized spacial score (nSPS) is 21.9. The van der Waals surface area contributed by atoms with E-state index in [-0.39, 0.29) is 6.04 Å². The Kier molecular flexibility index (Phi) is 4.58. The first-order valence-electron chi connectivity index (χ1n) is 10.4. The number of hydrogen-bond donors (Lipinski definition) is 3. The molecule has 0 bridgehead atoms. The SMILES string of the molecule is CC[C@]1(O)CC[C@@H](Nc2nc(OC)c3c(-c4ccc5nccn5c4)c[nH]c3n2)CC1. The summed E-state index contributed by atoms with van der Waals surface area (Å²) in [6.45, 7) is 2.04. The number of aromatic nitrogens is 5. The number of pyridine rings is 1. The van der Waals surface area contributed by atoms with Gasteiger partial charge in [0.15, 0.2) is 0 Å². The van der Waals surface area contributed by atoms with Gasteiger partial charge in [0.05, 0.1) is 18.1 Å². The number of nitrogens with zero attached hydrogens (tertiary/aromatic N) is 4. The van der Waals surface area contributed by atoms with Gasteiger partial charge in [-0.25, -0.2) is 4.98 Å². The van der Waals surface area contributed by atoms with Crippen molar-refractivity contribution < 1.29 is 9.84 Å². The second-order valence-electron chi connectivity index (χ2n) is 8.09. The predicted octanol–water partition coefficient (Wildman–Crippen LogP) is 3.78. The first-order valence-corrected chi connectivity index (χ1v) is 10.4. The Bertz CT molecular complexity index is 1190. The lowest BCUT2D eigenvalue weighted by atomic mass is 9.80. The maximum Gasteiger partial charge on any atom is 0.228 e. The van der Waals surface area contributed by atoms with Gasteiger partial charge in [0.25, 0.3) is 0 Å².